The van der Waals surface area contributed by atoms with E-state index in [9.17, 15) is 9.59 Å². The smallest absolute Gasteiger partial charge is 0.306 e. The number of rotatable bonds is 4. The van der Waals surface area contributed by atoms with E-state index < -0.39 is 12.1 Å². The van der Waals surface area contributed by atoms with Gasteiger partial charge in [0, 0.05) is 11.4 Å². The Bertz CT molecular complexity index is 611. The lowest BCUT2D eigenvalue weighted by atomic mass is 10.0. The van der Waals surface area contributed by atoms with Crippen LogP contribution in [0.15, 0.2) is 48.5 Å². The average Bonchev–Trinajstić information content (AvgIpc) is 2.58. The van der Waals surface area contributed by atoms with Crippen LogP contribution >= 0.6 is 0 Å². The van der Waals surface area contributed by atoms with Crippen molar-refractivity contribution in [2.24, 2.45) is 0 Å². The van der Waals surface area contributed by atoms with E-state index in [0.717, 1.165) is 11.1 Å². The predicted octanol–water partition coefficient (Wildman–Crippen LogP) is 2.30. The summed E-state index contributed by atoms with van der Waals surface area (Å²) in [6.07, 6.45) is 0.680. The monoisotopic (exact) mass is 316 g/mol. The minimum Gasteiger partial charge on any atom is -0.306 e. The molecule has 0 aliphatic carbocycles. The van der Waals surface area contributed by atoms with Crippen LogP contribution in [0.25, 0.3) is 0 Å². The molecule has 2 rings (SSSR count). The molecule has 0 fully saturated rings. The quantitative estimate of drug-likeness (QED) is 0.382. The molecule has 0 saturated carbocycles. The van der Waals surface area contributed by atoms with Gasteiger partial charge in [0.2, 0.25) is 0 Å². The first-order valence-electron chi connectivity index (χ1n) is 6.71. The molecule has 8 heteroatoms. The number of hydroxylamine groups is 2. The number of anilines is 2. The fraction of sp³-hybridized carbons (Fsp3) is 0.0667. The minimum absolute atomic E-state index is 0.565. The van der Waals surface area contributed by atoms with E-state index in [-0.39, 0.29) is 0 Å². The van der Waals surface area contributed by atoms with Gasteiger partial charge in [-0.25, -0.2) is 20.5 Å². The molecule has 6 N–H and O–H groups in total. The van der Waals surface area contributed by atoms with Crippen molar-refractivity contribution in [3.8, 4) is 0 Å². The van der Waals surface area contributed by atoms with Gasteiger partial charge < -0.3 is 10.6 Å². The minimum atomic E-state index is -0.701. The first-order chi connectivity index (χ1) is 11.1. The molecular weight excluding hydrogens is 300 g/mol. The maximum absolute atomic E-state index is 11.0. The molecule has 0 spiro atoms. The maximum Gasteiger partial charge on any atom is 0.342 e. The van der Waals surface area contributed by atoms with Gasteiger partial charge >= 0.3 is 12.1 Å². The van der Waals surface area contributed by atoms with Crippen molar-refractivity contribution >= 4 is 23.4 Å². The summed E-state index contributed by atoms with van der Waals surface area (Å²) in [5.41, 5.74) is 6.18. The Morgan fingerprint density at radius 1 is 0.696 bits per heavy atom. The molecule has 0 atom stereocenters. The summed E-state index contributed by atoms with van der Waals surface area (Å²) in [6.45, 7) is 0. The number of carbonyl (C=O) groups is 2. The molecule has 2 aromatic rings. The van der Waals surface area contributed by atoms with Crippen molar-refractivity contribution in [1.82, 2.24) is 11.0 Å². The van der Waals surface area contributed by atoms with E-state index >= 15 is 0 Å². The first-order valence-corrected chi connectivity index (χ1v) is 6.71. The van der Waals surface area contributed by atoms with Crippen LogP contribution in [0.3, 0.4) is 0 Å². The molecule has 0 aromatic heterocycles. The molecule has 0 bridgehead atoms. The van der Waals surface area contributed by atoms with Gasteiger partial charge in [-0.3, -0.25) is 10.4 Å². The van der Waals surface area contributed by atoms with Gasteiger partial charge in [0.1, 0.15) is 0 Å². The zero-order valence-corrected chi connectivity index (χ0v) is 12.0. The molecule has 2 aromatic carbocycles. The van der Waals surface area contributed by atoms with E-state index in [4.69, 9.17) is 10.4 Å². The van der Waals surface area contributed by atoms with Crippen LogP contribution in [-0.2, 0) is 6.42 Å². The van der Waals surface area contributed by atoms with Crippen molar-refractivity contribution in [1.29, 1.82) is 0 Å². The first kappa shape index (κ1) is 16.3. The molecular formula is C15H16N4O4. The van der Waals surface area contributed by atoms with Crippen LogP contribution in [0.5, 0.6) is 0 Å². The summed E-state index contributed by atoms with van der Waals surface area (Å²) in [5, 5.41) is 21.8. The van der Waals surface area contributed by atoms with Gasteiger partial charge in [0.15, 0.2) is 0 Å². The summed E-state index contributed by atoms with van der Waals surface area (Å²) < 4.78 is 0. The number of amides is 4. The van der Waals surface area contributed by atoms with Crippen molar-refractivity contribution in [2.75, 3.05) is 10.6 Å². The third kappa shape index (κ3) is 4.99. The van der Waals surface area contributed by atoms with Crippen LogP contribution in [0.4, 0.5) is 21.0 Å². The zero-order valence-electron chi connectivity index (χ0n) is 12.0. The Hall–Kier alpha value is -3.10. The summed E-state index contributed by atoms with van der Waals surface area (Å²) in [5.74, 6) is 0. The molecule has 120 valence electrons. The number of benzene rings is 2. The number of carbonyl (C=O) groups excluding carboxylic acids is 2. The van der Waals surface area contributed by atoms with Gasteiger partial charge in [-0.2, -0.15) is 0 Å². The van der Waals surface area contributed by atoms with Crippen LogP contribution in [0, 0.1) is 0 Å². The van der Waals surface area contributed by atoms with Gasteiger partial charge in [-0.15, -0.1) is 0 Å². The second-order valence-electron chi connectivity index (χ2n) is 4.70. The second-order valence-corrected chi connectivity index (χ2v) is 4.70. The van der Waals surface area contributed by atoms with E-state index in [0.29, 0.717) is 17.8 Å². The summed E-state index contributed by atoms with van der Waals surface area (Å²) in [4.78, 5) is 21.9. The third-order valence-electron chi connectivity index (χ3n) is 3.03. The molecule has 23 heavy (non-hydrogen) atoms. The Morgan fingerprint density at radius 2 is 1.04 bits per heavy atom. The van der Waals surface area contributed by atoms with Crippen LogP contribution in [0.1, 0.15) is 11.1 Å². The lowest BCUT2D eigenvalue weighted by molar-refractivity contribution is 0.172. The molecule has 0 saturated heterocycles. The van der Waals surface area contributed by atoms with Gasteiger partial charge in [0.25, 0.3) is 0 Å². The Kier molecular flexibility index (Phi) is 5.50. The van der Waals surface area contributed by atoms with Crippen molar-refractivity contribution in [2.45, 2.75) is 6.42 Å². The Morgan fingerprint density at radius 3 is 1.35 bits per heavy atom. The summed E-state index contributed by atoms with van der Waals surface area (Å²) in [7, 11) is 0. The van der Waals surface area contributed by atoms with Crippen LogP contribution < -0.4 is 21.6 Å². The predicted molar refractivity (Wildman–Crippen MR) is 83.6 cm³/mol. The third-order valence-corrected chi connectivity index (χ3v) is 3.03. The highest BCUT2D eigenvalue weighted by molar-refractivity contribution is 5.88. The Labute approximate surface area is 132 Å². The number of nitrogens with one attached hydrogen (secondary N) is 4. The van der Waals surface area contributed by atoms with Gasteiger partial charge in [-0.05, 0) is 41.8 Å². The molecule has 0 heterocycles. The average molecular weight is 316 g/mol. The highest BCUT2D eigenvalue weighted by Gasteiger charge is 2.02. The SMILES string of the molecule is O=C(NO)Nc1ccc(Cc2ccc(NC(=O)NO)cc2)cc1. The number of urea groups is 2. The molecule has 0 radical (unpaired) electrons. The normalized spacial score (nSPS) is 9.83. The maximum atomic E-state index is 11.0. The van der Waals surface area contributed by atoms with Crippen molar-refractivity contribution in [3.05, 3.63) is 59.7 Å². The lowest BCUT2D eigenvalue weighted by Crippen LogP contribution is -2.25. The van der Waals surface area contributed by atoms with Gasteiger partial charge in [-0.1, -0.05) is 24.3 Å². The van der Waals surface area contributed by atoms with E-state index in [1.165, 1.54) is 11.0 Å². The molecule has 0 unspecified atom stereocenters. The topological polar surface area (TPSA) is 123 Å². The second kappa shape index (κ2) is 7.78. The van der Waals surface area contributed by atoms with E-state index in [1.807, 2.05) is 24.3 Å². The largest absolute Gasteiger partial charge is 0.342 e. The van der Waals surface area contributed by atoms with Gasteiger partial charge in [0.05, 0.1) is 0 Å². The molecule has 4 amide bonds. The van der Waals surface area contributed by atoms with Crippen LogP contribution in [-0.4, -0.2) is 22.5 Å². The highest BCUT2D eigenvalue weighted by atomic mass is 16.5. The highest BCUT2D eigenvalue weighted by Crippen LogP contribution is 2.16. The lowest BCUT2D eigenvalue weighted by Gasteiger charge is -2.07. The molecule has 8 nitrogen and oxygen atoms in total. The fourth-order valence-electron chi connectivity index (χ4n) is 1.97. The number of hydrogen-bond acceptors (Lipinski definition) is 4. The molecule has 0 aliphatic rings. The van der Waals surface area contributed by atoms with Crippen molar-refractivity contribution in [3.63, 3.8) is 0 Å². The number of hydrogen-bond donors (Lipinski definition) is 6. The zero-order chi connectivity index (χ0) is 16.7. The fourth-order valence-corrected chi connectivity index (χ4v) is 1.97. The summed E-state index contributed by atoms with van der Waals surface area (Å²) >= 11 is 0. The summed E-state index contributed by atoms with van der Waals surface area (Å²) in [6, 6.07) is 12.9. The standard InChI is InChI=1S/C15H16N4O4/c20-14(18-22)16-12-5-1-10(2-6-12)9-11-3-7-13(8-4-11)17-15(21)19-23/h1-8,22-23H,9H2,(H2,16,18,20)(H2,17,19,21). The van der Waals surface area contributed by atoms with E-state index in [1.54, 1.807) is 24.3 Å². The van der Waals surface area contributed by atoms with E-state index in [2.05, 4.69) is 10.6 Å². The van der Waals surface area contributed by atoms with Crippen LogP contribution in [0.2, 0.25) is 0 Å². The Balaban J connectivity index is 1.96. The van der Waals surface area contributed by atoms with Crippen molar-refractivity contribution < 1.29 is 20.0 Å². The molecule has 0 aliphatic heterocycles.